The third kappa shape index (κ3) is 3.71. The number of fused-ring (bicyclic) bond motifs is 2. The number of likely N-dealkylation sites (tertiary alicyclic amines) is 1. The average molecular weight is 498 g/mol. The van der Waals surface area contributed by atoms with Crippen LogP contribution in [0.15, 0.2) is 16.7 Å². The number of nitrogens with one attached hydrogen (secondary N) is 1. The maximum Gasteiger partial charge on any atom is 0.188 e. The third-order valence-electron chi connectivity index (χ3n) is 6.58. The molecule has 1 saturated heterocycles. The highest BCUT2D eigenvalue weighted by atomic mass is 79.9. The summed E-state index contributed by atoms with van der Waals surface area (Å²) >= 11 is 16.2. The molecule has 1 aliphatic heterocycles. The minimum Gasteiger partial charge on any atom is -0.348 e. The molecule has 2 aromatic rings. The Morgan fingerprint density at radius 1 is 1.31 bits per heavy atom. The van der Waals surface area contributed by atoms with Gasteiger partial charge in [-0.25, -0.2) is 4.68 Å². The summed E-state index contributed by atoms with van der Waals surface area (Å²) in [7, 11) is 0. The van der Waals surface area contributed by atoms with Gasteiger partial charge in [-0.3, -0.25) is 10.3 Å². The maximum absolute atomic E-state index is 6.63. The fourth-order valence-corrected chi connectivity index (χ4v) is 6.47. The molecule has 1 fully saturated rings. The van der Waals surface area contributed by atoms with E-state index in [1.165, 1.54) is 48.9 Å². The Balaban J connectivity index is 1.82. The minimum atomic E-state index is 0.555. The Labute approximate surface area is 192 Å². The van der Waals surface area contributed by atoms with Crippen LogP contribution in [0.2, 0.25) is 5.02 Å². The lowest BCUT2D eigenvalue weighted by Crippen LogP contribution is -2.47. The minimum absolute atomic E-state index is 0.555. The lowest BCUT2D eigenvalue weighted by Gasteiger charge is -2.44. The van der Waals surface area contributed by atoms with E-state index in [4.69, 9.17) is 23.8 Å². The zero-order chi connectivity index (χ0) is 20.7. The summed E-state index contributed by atoms with van der Waals surface area (Å²) in [4.78, 5) is 4.85. The lowest BCUT2D eigenvalue weighted by molar-refractivity contribution is 0.124. The first-order valence-electron chi connectivity index (χ1n) is 10.8. The lowest BCUT2D eigenvalue weighted by atomic mass is 9.75. The van der Waals surface area contributed by atoms with Gasteiger partial charge in [0.2, 0.25) is 0 Å². The van der Waals surface area contributed by atoms with Crippen LogP contribution in [0.1, 0.15) is 57.1 Å². The average Bonchev–Trinajstić information content (AvgIpc) is 2.96. The Morgan fingerprint density at radius 2 is 2.07 bits per heavy atom. The second-order valence-electron chi connectivity index (χ2n) is 8.14. The number of benzene rings is 1. The van der Waals surface area contributed by atoms with E-state index >= 15 is 0 Å². The zero-order valence-electron chi connectivity index (χ0n) is 17.5. The van der Waals surface area contributed by atoms with Gasteiger partial charge in [0, 0.05) is 35.5 Å². The molecular formula is C22H30BrClN4S. The van der Waals surface area contributed by atoms with E-state index in [9.17, 15) is 0 Å². The molecule has 2 atom stereocenters. The van der Waals surface area contributed by atoms with E-state index in [2.05, 4.69) is 68.7 Å². The monoisotopic (exact) mass is 496 g/mol. The standard InChI is InChI=1S/C22H30BrClN4S/c1-4-9-27-10-7-8-15-16-11-14(24)12-19-20(16)17(13-18(15)27)21(23)28(19)25-22(29)26(5-2)6-3/h11-12,15,18H,4-10,13H2,1-3H3,(H,25,29)/t15-,18-/m1/s1. The van der Waals surface area contributed by atoms with Crippen LogP contribution >= 0.6 is 39.7 Å². The third-order valence-corrected chi connectivity index (χ3v) is 7.98. The predicted molar refractivity (Wildman–Crippen MR) is 131 cm³/mol. The Kier molecular flexibility index (Phi) is 6.45. The van der Waals surface area contributed by atoms with Crippen LogP contribution in [0, 0.1) is 0 Å². The second-order valence-corrected chi connectivity index (χ2v) is 9.71. The largest absolute Gasteiger partial charge is 0.348 e. The number of hydrogen-bond donors (Lipinski definition) is 1. The number of nitrogens with zero attached hydrogens (tertiary/aromatic N) is 3. The van der Waals surface area contributed by atoms with Crippen molar-refractivity contribution in [3.8, 4) is 0 Å². The molecule has 0 saturated carbocycles. The van der Waals surface area contributed by atoms with Gasteiger partial charge in [-0.05, 0) is 104 Å². The molecule has 29 heavy (non-hydrogen) atoms. The first-order chi connectivity index (χ1) is 14.0. The van der Waals surface area contributed by atoms with Gasteiger partial charge in [-0.2, -0.15) is 0 Å². The van der Waals surface area contributed by atoms with E-state index in [1.807, 2.05) is 0 Å². The summed E-state index contributed by atoms with van der Waals surface area (Å²) in [5.41, 5.74) is 7.38. The topological polar surface area (TPSA) is 23.4 Å². The molecule has 158 valence electrons. The van der Waals surface area contributed by atoms with Crippen LogP contribution in [0.4, 0.5) is 0 Å². The molecule has 0 spiro atoms. The summed E-state index contributed by atoms with van der Waals surface area (Å²) in [5, 5.41) is 2.90. The van der Waals surface area contributed by atoms with Gasteiger partial charge in [-0.1, -0.05) is 18.5 Å². The van der Waals surface area contributed by atoms with Crippen molar-refractivity contribution in [2.24, 2.45) is 0 Å². The van der Waals surface area contributed by atoms with Crippen molar-refractivity contribution in [1.29, 1.82) is 0 Å². The number of rotatable bonds is 5. The Bertz CT molecular complexity index is 921. The summed E-state index contributed by atoms with van der Waals surface area (Å²) in [6.07, 6.45) is 4.77. The Morgan fingerprint density at radius 3 is 2.76 bits per heavy atom. The van der Waals surface area contributed by atoms with Crippen molar-refractivity contribution in [3.63, 3.8) is 0 Å². The quantitative estimate of drug-likeness (QED) is 0.532. The molecule has 1 aliphatic carbocycles. The van der Waals surface area contributed by atoms with Gasteiger partial charge >= 0.3 is 0 Å². The van der Waals surface area contributed by atoms with Gasteiger partial charge < -0.3 is 4.90 Å². The van der Waals surface area contributed by atoms with Crippen molar-refractivity contribution < 1.29 is 0 Å². The highest BCUT2D eigenvalue weighted by molar-refractivity contribution is 9.10. The number of thiocarbonyl (C=S) groups is 1. The predicted octanol–water partition coefficient (Wildman–Crippen LogP) is 5.74. The zero-order valence-corrected chi connectivity index (χ0v) is 20.6. The number of halogens is 2. The van der Waals surface area contributed by atoms with E-state index in [0.717, 1.165) is 39.8 Å². The van der Waals surface area contributed by atoms with Crippen LogP contribution in [0.5, 0.6) is 0 Å². The van der Waals surface area contributed by atoms with Crippen LogP contribution in [-0.2, 0) is 6.42 Å². The molecule has 2 aliphatic rings. The first-order valence-corrected chi connectivity index (χ1v) is 12.4. The summed E-state index contributed by atoms with van der Waals surface area (Å²) in [6.45, 7) is 10.7. The smallest absolute Gasteiger partial charge is 0.188 e. The fraction of sp³-hybridized carbons (Fsp3) is 0.591. The SMILES string of the molecule is CCCN1CCC[C@@H]2c3cc(Cl)cc4c3c(c(Br)n4NC(=S)N(CC)CC)C[C@H]21. The molecule has 1 aromatic heterocycles. The first kappa shape index (κ1) is 21.4. The van der Waals surface area contributed by atoms with Crippen LogP contribution in [0.25, 0.3) is 10.9 Å². The maximum atomic E-state index is 6.63. The highest BCUT2D eigenvalue weighted by Crippen LogP contribution is 2.47. The van der Waals surface area contributed by atoms with E-state index < -0.39 is 0 Å². The molecule has 0 radical (unpaired) electrons. The summed E-state index contributed by atoms with van der Waals surface area (Å²) < 4.78 is 3.17. The van der Waals surface area contributed by atoms with E-state index in [-0.39, 0.29) is 0 Å². The molecule has 1 N–H and O–H groups in total. The van der Waals surface area contributed by atoms with E-state index in [0.29, 0.717) is 12.0 Å². The molecule has 1 aromatic carbocycles. The molecule has 2 heterocycles. The van der Waals surface area contributed by atoms with Crippen molar-refractivity contribution in [2.45, 2.75) is 58.4 Å². The molecule has 0 bridgehead atoms. The van der Waals surface area contributed by atoms with Crippen molar-refractivity contribution in [2.75, 3.05) is 31.6 Å². The molecule has 0 amide bonds. The van der Waals surface area contributed by atoms with Crippen molar-refractivity contribution >= 4 is 55.8 Å². The molecule has 4 nitrogen and oxygen atoms in total. The van der Waals surface area contributed by atoms with Crippen molar-refractivity contribution in [1.82, 2.24) is 14.5 Å². The van der Waals surface area contributed by atoms with Gasteiger partial charge in [0.1, 0.15) is 4.60 Å². The molecule has 0 unspecified atom stereocenters. The van der Waals surface area contributed by atoms with Crippen LogP contribution in [0.3, 0.4) is 0 Å². The van der Waals surface area contributed by atoms with Gasteiger partial charge in [0.15, 0.2) is 5.11 Å². The van der Waals surface area contributed by atoms with Crippen LogP contribution < -0.4 is 5.43 Å². The highest BCUT2D eigenvalue weighted by Gasteiger charge is 2.39. The number of hydrogen-bond acceptors (Lipinski definition) is 2. The van der Waals surface area contributed by atoms with Crippen molar-refractivity contribution in [3.05, 3.63) is 32.9 Å². The summed E-state index contributed by atoms with van der Waals surface area (Å²) in [5.74, 6) is 0.557. The van der Waals surface area contributed by atoms with Gasteiger partial charge in [0.05, 0.1) is 5.52 Å². The number of aromatic nitrogens is 1. The number of piperidine rings is 1. The van der Waals surface area contributed by atoms with Gasteiger partial charge in [0.25, 0.3) is 0 Å². The second kappa shape index (κ2) is 8.74. The van der Waals surface area contributed by atoms with E-state index in [1.54, 1.807) is 0 Å². The normalized spacial score (nSPS) is 21.3. The summed E-state index contributed by atoms with van der Waals surface area (Å²) in [6, 6.07) is 4.83. The molecular weight excluding hydrogens is 468 g/mol. The van der Waals surface area contributed by atoms with Gasteiger partial charge in [-0.15, -0.1) is 0 Å². The van der Waals surface area contributed by atoms with Crippen LogP contribution in [-0.4, -0.2) is 51.8 Å². The Hall–Kier alpha value is -0.820. The molecule has 4 rings (SSSR count). The fourth-order valence-electron chi connectivity index (χ4n) is 5.26. The molecule has 7 heteroatoms.